The minimum atomic E-state index is -0.705. The third-order valence-electron chi connectivity index (χ3n) is 5.71. The standard InChI is InChI=1S/C28H30BrClN2O3/c1-3-20(2)31-28(34)26(17-21-7-5-4-6-8-21)32(18-22-9-13-24(30)14-10-22)27(33)19-35-25-15-11-23(29)12-16-25/h4-16,20,26H,3,17-19H2,1-2H3,(H,31,34)/t20-,26-/m1/s1. The van der Waals surface area contributed by atoms with E-state index in [9.17, 15) is 9.59 Å². The number of ether oxygens (including phenoxy) is 1. The highest BCUT2D eigenvalue weighted by atomic mass is 79.9. The number of carbonyl (C=O) groups is 2. The SMILES string of the molecule is CC[C@@H](C)NC(=O)[C@@H](Cc1ccccc1)N(Cc1ccc(Cl)cc1)C(=O)COc1ccc(Br)cc1. The van der Waals surface area contributed by atoms with Gasteiger partial charge >= 0.3 is 0 Å². The number of amides is 2. The minimum absolute atomic E-state index is 0.00715. The smallest absolute Gasteiger partial charge is 0.261 e. The van der Waals surface area contributed by atoms with Crippen molar-refractivity contribution < 1.29 is 14.3 Å². The van der Waals surface area contributed by atoms with Crippen molar-refractivity contribution in [2.75, 3.05) is 6.61 Å². The first kappa shape index (κ1) is 26.8. The van der Waals surface area contributed by atoms with Crippen LogP contribution in [0.15, 0.2) is 83.3 Å². The van der Waals surface area contributed by atoms with E-state index in [4.69, 9.17) is 16.3 Å². The maximum Gasteiger partial charge on any atom is 0.261 e. The van der Waals surface area contributed by atoms with Crippen LogP contribution in [0.2, 0.25) is 5.02 Å². The van der Waals surface area contributed by atoms with Crippen LogP contribution in [-0.2, 0) is 22.6 Å². The molecule has 3 rings (SSSR count). The van der Waals surface area contributed by atoms with E-state index in [1.807, 2.05) is 68.4 Å². The fourth-order valence-corrected chi connectivity index (χ4v) is 3.93. The molecule has 35 heavy (non-hydrogen) atoms. The number of rotatable bonds is 11. The molecule has 5 nitrogen and oxygen atoms in total. The van der Waals surface area contributed by atoms with Gasteiger partial charge in [0.05, 0.1) is 0 Å². The normalized spacial score (nSPS) is 12.5. The lowest BCUT2D eigenvalue weighted by Gasteiger charge is -2.32. The Bertz CT molecular complexity index is 1090. The average Bonchev–Trinajstić information content (AvgIpc) is 2.87. The summed E-state index contributed by atoms with van der Waals surface area (Å²) < 4.78 is 6.70. The summed E-state index contributed by atoms with van der Waals surface area (Å²) in [5.41, 5.74) is 1.85. The van der Waals surface area contributed by atoms with Gasteiger partial charge in [0.15, 0.2) is 6.61 Å². The zero-order chi connectivity index (χ0) is 25.2. The van der Waals surface area contributed by atoms with Crippen LogP contribution >= 0.6 is 27.5 Å². The van der Waals surface area contributed by atoms with Gasteiger partial charge in [0.2, 0.25) is 5.91 Å². The summed E-state index contributed by atoms with van der Waals surface area (Å²) in [4.78, 5) is 28.6. The maximum atomic E-state index is 13.5. The molecule has 0 aliphatic heterocycles. The topological polar surface area (TPSA) is 58.6 Å². The summed E-state index contributed by atoms with van der Waals surface area (Å²) >= 11 is 9.46. The number of benzene rings is 3. The summed E-state index contributed by atoms with van der Waals surface area (Å²) in [5.74, 6) is 0.119. The van der Waals surface area contributed by atoms with E-state index in [2.05, 4.69) is 21.2 Å². The van der Waals surface area contributed by atoms with E-state index in [0.29, 0.717) is 17.2 Å². The number of hydrogen-bond acceptors (Lipinski definition) is 3. The van der Waals surface area contributed by atoms with Crippen molar-refractivity contribution in [1.82, 2.24) is 10.2 Å². The molecule has 0 spiro atoms. The van der Waals surface area contributed by atoms with Gasteiger partial charge in [-0.15, -0.1) is 0 Å². The second-order valence-electron chi connectivity index (χ2n) is 8.41. The van der Waals surface area contributed by atoms with Crippen LogP contribution in [0.3, 0.4) is 0 Å². The van der Waals surface area contributed by atoms with E-state index < -0.39 is 6.04 Å². The predicted molar refractivity (Wildman–Crippen MR) is 143 cm³/mol. The lowest BCUT2D eigenvalue weighted by molar-refractivity contribution is -0.143. The zero-order valence-corrected chi connectivity index (χ0v) is 22.3. The minimum Gasteiger partial charge on any atom is -0.484 e. The second-order valence-corrected chi connectivity index (χ2v) is 9.77. The van der Waals surface area contributed by atoms with Gasteiger partial charge in [-0.25, -0.2) is 0 Å². The molecule has 0 saturated heterocycles. The molecule has 1 N–H and O–H groups in total. The largest absolute Gasteiger partial charge is 0.484 e. The molecule has 0 saturated carbocycles. The molecule has 3 aromatic rings. The first-order valence-electron chi connectivity index (χ1n) is 11.6. The van der Waals surface area contributed by atoms with E-state index in [1.165, 1.54) is 0 Å². The molecule has 7 heteroatoms. The van der Waals surface area contributed by atoms with Crippen LogP contribution < -0.4 is 10.1 Å². The molecule has 3 aromatic carbocycles. The van der Waals surface area contributed by atoms with Crippen LogP contribution in [-0.4, -0.2) is 35.4 Å². The fraction of sp³-hybridized carbons (Fsp3) is 0.286. The van der Waals surface area contributed by atoms with Crippen molar-refractivity contribution in [3.8, 4) is 5.75 Å². The zero-order valence-electron chi connectivity index (χ0n) is 19.9. The summed E-state index contributed by atoms with van der Waals surface area (Å²) in [5, 5.41) is 3.67. The number of hydrogen-bond donors (Lipinski definition) is 1. The summed E-state index contributed by atoms with van der Waals surface area (Å²) in [6, 6.07) is 23.6. The van der Waals surface area contributed by atoms with Gasteiger partial charge in [0.1, 0.15) is 11.8 Å². The van der Waals surface area contributed by atoms with Gasteiger partial charge < -0.3 is 15.0 Å². The molecule has 0 unspecified atom stereocenters. The highest BCUT2D eigenvalue weighted by molar-refractivity contribution is 9.10. The summed E-state index contributed by atoms with van der Waals surface area (Å²) in [6.45, 7) is 4.04. The first-order valence-corrected chi connectivity index (χ1v) is 12.8. The molecule has 0 heterocycles. The molecule has 184 valence electrons. The Morgan fingerprint density at radius 2 is 1.63 bits per heavy atom. The van der Waals surface area contributed by atoms with Crippen LogP contribution in [0.25, 0.3) is 0 Å². The third-order valence-corrected chi connectivity index (χ3v) is 6.49. The Labute approximate surface area is 220 Å². The highest BCUT2D eigenvalue weighted by Gasteiger charge is 2.31. The van der Waals surface area contributed by atoms with Gasteiger partial charge in [-0.1, -0.05) is 76.9 Å². The lowest BCUT2D eigenvalue weighted by atomic mass is 10.0. The molecule has 0 fully saturated rings. The van der Waals surface area contributed by atoms with E-state index in [0.717, 1.165) is 22.0 Å². The lowest BCUT2D eigenvalue weighted by Crippen LogP contribution is -2.53. The molecule has 0 bridgehead atoms. The van der Waals surface area contributed by atoms with E-state index >= 15 is 0 Å². The van der Waals surface area contributed by atoms with Gasteiger partial charge in [0, 0.05) is 28.5 Å². The molecule has 0 aliphatic carbocycles. The van der Waals surface area contributed by atoms with Crippen molar-refractivity contribution >= 4 is 39.3 Å². The number of nitrogens with zero attached hydrogens (tertiary/aromatic N) is 1. The van der Waals surface area contributed by atoms with E-state index in [-0.39, 0.29) is 31.0 Å². The Morgan fingerprint density at radius 1 is 0.971 bits per heavy atom. The number of carbonyl (C=O) groups excluding carboxylic acids is 2. The van der Waals surface area contributed by atoms with Crippen molar-refractivity contribution in [2.45, 2.75) is 45.3 Å². The molecule has 2 amide bonds. The monoisotopic (exact) mass is 556 g/mol. The first-order chi connectivity index (χ1) is 16.9. The van der Waals surface area contributed by atoms with Gasteiger partial charge in [-0.05, 0) is 60.9 Å². The number of nitrogens with one attached hydrogen (secondary N) is 1. The second kappa shape index (κ2) is 13.3. The van der Waals surface area contributed by atoms with Crippen LogP contribution in [0, 0.1) is 0 Å². The summed E-state index contributed by atoms with van der Waals surface area (Å²) in [7, 11) is 0. The van der Waals surface area contributed by atoms with Crippen LogP contribution in [0.5, 0.6) is 5.75 Å². The Kier molecular flexibility index (Phi) is 10.2. The Hall–Kier alpha value is -2.83. The van der Waals surface area contributed by atoms with Gasteiger partial charge in [-0.2, -0.15) is 0 Å². The Morgan fingerprint density at radius 3 is 2.26 bits per heavy atom. The quantitative estimate of drug-likeness (QED) is 0.313. The number of halogens is 2. The molecular weight excluding hydrogens is 528 g/mol. The molecule has 0 aromatic heterocycles. The molecule has 2 atom stereocenters. The van der Waals surface area contributed by atoms with Crippen molar-refractivity contribution in [1.29, 1.82) is 0 Å². The Balaban J connectivity index is 1.89. The average molecular weight is 558 g/mol. The maximum absolute atomic E-state index is 13.5. The fourth-order valence-electron chi connectivity index (χ4n) is 3.54. The van der Waals surface area contributed by atoms with Crippen molar-refractivity contribution in [3.63, 3.8) is 0 Å². The van der Waals surface area contributed by atoms with Gasteiger partial charge in [-0.3, -0.25) is 9.59 Å². The van der Waals surface area contributed by atoms with Crippen LogP contribution in [0.4, 0.5) is 0 Å². The van der Waals surface area contributed by atoms with Crippen LogP contribution in [0.1, 0.15) is 31.4 Å². The highest BCUT2D eigenvalue weighted by Crippen LogP contribution is 2.19. The summed E-state index contributed by atoms with van der Waals surface area (Å²) in [6.07, 6.45) is 1.18. The molecule has 0 aliphatic rings. The third kappa shape index (κ3) is 8.41. The van der Waals surface area contributed by atoms with E-state index in [1.54, 1.807) is 29.2 Å². The molecular formula is C28H30BrClN2O3. The van der Waals surface area contributed by atoms with Gasteiger partial charge in [0.25, 0.3) is 5.91 Å². The van der Waals surface area contributed by atoms with Crippen molar-refractivity contribution in [3.05, 3.63) is 99.5 Å². The van der Waals surface area contributed by atoms with Crippen molar-refractivity contribution in [2.24, 2.45) is 0 Å². The predicted octanol–water partition coefficient (Wildman–Crippen LogP) is 6.04. The molecule has 0 radical (unpaired) electrons.